The molecule has 1 saturated carbocycles. The second-order valence-corrected chi connectivity index (χ2v) is 5.97. The summed E-state index contributed by atoms with van der Waals surface area (Å²) in [7, 11) is 0. The van der Waals surface area contributed by atoms with Gasteiger partial charge < -0.3 is 5.32 Å². The topological polar surface area (TPSA) is 12.0 Å². The molecular weight excluding hydrogens is 253 g/mol. The third kappa shape index (κ3) is 3.37. The summed E-state index contributed by atoms with van der Waals surface area (Å²) in [5, 5.41) is 4.96. The van der Waals surface area contributed by atoms with Crippen LogP contribution in [0.4, 0.5) is 0 Å². The van der Waals surface area contributed by atoms with E-state index in [9.17, 15) is 0 Å². The Bertz CT molecular complexity index is 384. The molecule has 1 nitrogen and oxygen atoms in total. The molecule has 0 bridgehead atoms. The quantitative estimate of drug-likeness (QED) is 0.832. The van der Waals surface area contributed by atoms with Gasteiger partial charge in [-0.2, -0.15) is 0 Å². The number of hydrogen-bond acceptors (Lipinski definition) is 1. The molecule has 94 valence electrons. The molecule has 1 N–H and O–H groups in total. The molecule has 0 radical (unpaired) electrons. The van der Waals surface area contributed by atoms with Crippen molar-refractivity contribution in [1.82, 2.24) is 5.32 Å². The van der Waals surface area contributed by atoms with Crippen molar-refractivity contribution in [3.63, 3.8) is 0 Å². The lowest BCUT2D eigenvalue weighted by Gasteiger charge is -2.35. The molecule has 0 saturated heterocycles. The van der Waals surface area contributed by atoms with Crippen LogP contribution in [0.3, 0.4) is 0 Å². The van der Waals surface area contributed by atoms with Gasteiger partial charge in [-0.05, 0) is 31.4 Å². The van der Waals surface area contributed by atoms with Gasteiger partial charge in [0.2, 0.25) is 0 Å². The minimum atomic E-state index is 0.268. The summed E-state index contributed by atoms with van der Waals surface area (Å²) in [5.41, 5.74) is 1.36. The van der Waals surface area contributed by atoms with E-state index in [1.807, 2.05) is 18.2 Å². The lowest BCUT2D eigenvalue weighted by atomic mass is 9.83. The van der Waals surface area contributed by atoms with Crippen LogP contribution in [0.25, 0.3) is 0 Å². The fraction of sp³-hybridized carbons (Fsp3) is 0.571. The van der Waals surface area contributed by atoms with E-state index in [1.165, 1.54) is 32.1 Å². The molecule has 0 unspecified atom stereocenters. The Balaban J connectivity index is 1.99. The average Bonchev–Trinajstić information content (AvgIpc) is 2.32. The molecule has 0 aliphatic heterocycles. The molecule has 0 atom stereocenters. The molecule has 0 spiro atoms. The van der Waals surface area contributed by atoms with E-state index >= 15 is 0 Å². The lowest BCUT2D eigenvalue weighted by Crippen LogP contribution is -2.43. The Morgan fingerprint density at radius 2 is 1.88 bits per heavy atom. The van der Waals surface area contributed by atoms with Crippen molar-refractivity contribution in [1.29, 1.82) is 0 Å². The first-order valence-electron chi connectivity index (χ1n) is 6.29. The van der Waals surface area contributed by atoms with Crippen LogP contribution in [-0.2, 0) is 6.54 Å². The van der Waals surface area contributed by atoms with Gasteiger partial charge in [0.15, 0.2) is 0 Å². The molecular formula is C14H19Cl2N. The third-order valence-electron chi connectivity index (χ3n) is 3.69. The molecule has 0 aromatic heterocycles. The Kier molecular flexibility index (Phi) is 4.35. The van der Waals surface area contributed by atoms with Gasteiger partial charge in [-0.15, -0.1) is 0 Å². The minimum absolute atomic E-state index is 0.268. The van der Waals surface area contributed by atoms with E-state index in [4.69, 9.17) is 23.2 Å². The van der Waals surface area contributed by atoms with E-state index in [1.54, 1.807) is 0 Å². The molecule has 17 heavy (non-hydrogen) atoms. The molecule has 1 aromatic carbocycles. The maximum absolute atomic E-state index is 6.18. The molecule has 3 heteroatoms. The van der Waals surface area contributed by atoms with Gasteiger partial charge in [-0.1, -0.05) is 54.6 Å². The van der Waals surface area contributed by atoms with E-state index < -0.39 is 0 Å². The minimum Gasteiger partial charge on any atom is -0.307 e. The standard InChI is InChI=1S/C14H19Cl2N/c1-14(8-3-2-4-9-14)17-10-11-6-5-7-12(15)13(11)16/h5-7,17H,2-4,8-10H2,1H3. The second kappa shape index (κ2) is 5.60. The van der Waals surface area contributed by atoms with Gasteiger partial charge in [0.25, 0.3) is 0 Å². The predicted octanol–water partition coefficient (Wildman–Crippen LogP) is 4.81. The first-order chi connectivity index (χ1) is 8.11. The molecule has 1 aliphatic rings. The largest absolute Gasteiger partial charge is 0.307 e. The van der Waals surface area contributed by atoms with Crippen molar-refractivity contribution in [3.05, 3.63) is 33.8 Å². The van der Waals surface area contributed by atoms with Crippen molar-refractivity contribution >= 4 is 23.2 Å². The Labute approximate surface area is 114 Å². The monoisotopic (exact) mass is 271 g/mol. The first kappa shape index (κ1) is 13.2. The van der Waals surface area contributed by atoms with Crippen molar-refractivity contribution in [2.24, 2.45) is 0 Å². The number of halogens is 2. The zero-order chi connectivity index (χ0) is 12.3. The molecule has 1 aromatic rings. The van der Waals surface area contributed by atoms with E-state index in [0.29, 0.717) is 10.0 Å². The summed E-state index contributed by atoms with van der Waals surface area (Å²) in [4.78, 5) is 0. The predicted molar refractivity (Wildman–Crippen MR) is 74.8 cm³/mol. The fourth-order valence-electron chi connectivity index (χ4n) is 2.50. The summed E-state index contributed by atoms with van der Waals surface area (Å²) < 4.78 is 0. The van der Waals surface area contributed by atoms with Gasteiger partial charge in [0.1, 0.15) is 0 Å². The van der Waals surface area contributed by atoms with Crippen molar-refractivity contribution in [3.8, 4) is 0 Å². The van der Waals surface area contributed by atoms with Crippen molar-refractivity contribution in [2.75, 3.05) is 0 Å². The number of hydrogen-bond donors (Lipinski definition) is 1. The van der Waals surface area contributed by atoms with Crippen molar-refractivity contribution in [2.45, 2.75) is 51.1 Å². The number of nitrogens with one attached hydrogen (secondary N) is 1. The Hall–Kier alpha value is -0.240. The molecule has 2 rings (SSSR count). The summed E-state index contributed by atoms with van der Waals surface area (Å²) in [6.07, 6.45) is 6.53. The van der Waals surface area contributed by atoms with Crippen LogP contribution >= 0.6 is 23.2 Å². The number of rotatable bonds is 3. The zero-order valence-corrected chi connectivity index (χ0v) is 11.7. The highest BCUT2D eigenvalue weighted by Crippen LogP contribution is 2.29. The molecule has 1 fully saturated rings. The number of benzene rings is 1. The second-order valence-electron chi connectivity index (χ2n) is 5.19. The highest BCUT2D eigenvalue weighted by atomic mass is 35.5. The van der Waals surface area contributed by atoms with Crippen LogP contribution in [0.5, 0.6) is 0 Å². The highest BCUT2D eigenvalue weighted by molar-refractivity contribution is 6.42. The fourth-order valence-corrected chi connectivity index (χ4v) is 2.89. The summed E-state index contributed by atoms with van der Waals surface area (Å²) in [5.74, 6) is 0. The smallest absolute Gasteiger partial charge is 0.0637 e. The lowest BCUT2D eigenvalue weighted by molar-refractivity contribution is 0.252. The molecule has 0 heterocycles. The summed E-state index contributed by atoms with van der Waals surface area (Å²) >= 11 is 12.2. The average molecular weight is 272 g/mol. The maximum Gasteiger partial charge on any atom is 0.0637 e. The van der Waals surface area contributed by atoms with Crippen LogP contribution in [0.1, 0.15) is 44.6 Å². The third-order valence-corrected chi connectivity index (χ3v) is 4.55. The maximum atomic E-state index is 6.18. The molecule has 1 aliphatic carbocycles. The van der Waals surface area contributed by atoms with Gasteiger partial charge >= 0.3 is 0 Å². The van der Waals surface area contributed by atoms with E-state index in [-0.39, 0.29) is 5.54 Å². The van der Waals surface area contributed by atoms with Gasteiger partial charge in [-0.25, -0.2) is 0 Å². The Morgan fingerprint density at radius 3 is 2.59 bits per heavy atom. The van der Waals surface area contributed by atoms with Crippen molar-refractivity contribution < 1.29 is 0 Å². The van der Waals surface area contributed by atoms with Crippen LogP contribution in [0, 0.1) is 0 Å². The summed E-state index contributed by atoms with van der Waals surface area (Å²) in [6.45, 7) is 3.11. The normalized spacial score (nSPS) is 19.2. The zero-order valence-electron chi connectivity index (χ0n) is 10.2. The van der Waals surface area contributed by atoms with Crippen LogP contribution in [0.15, 0.2) is 18.2 Å². The summed E-state index contributed by atoms with van der Waals surface area (Å²) in [6, 6.07) is 5.82. The van der Waals surface area contributed by atoms with Crippen LogP contribution < -0.4 is 5.32 Å². The van der Waals surface area contributed by atoms with Gasteiger partial charge in [0, 0.05) is 12.1 Å². The SMILES string of the molecule is CC1(NCc2cccc(Cl)c2Cl)CCCCC1. The highest BCUT2D eigenvalue weighted by Gasteiger charge is 2.25. The Morgan fingerprint density at radius 1 is 1.18 bits per heavy atom. The van der Waals surface area contributed by atoms with E-state index in [2.05, 4.69) is 12.2 Å². The van der Waals surface area contributed by atoms with Gasteiger partial charge in [-0.3, -0.25) is 0 Å². The van der Waals surface area contributed by atoms with Gasteiger partial charge in [0.05, 0.1) is 10.0 Å². The molecule has 0 amide bonds. The van der Waals surface area contributed by atoms with Crippen LogP contribution in [0.2, 0.25) is 10.0 Å². The van der Waals surface area contributed by atoms with E-state index in [0.717, 1.165) is 12.1 Å². The van der Waals surface area contributed by atoms with Crippen LogP contribution in [-0.4, -0.2) is 5.54 Å². The first-order valence-corrected chi connectivity index (χ1v) is 7.04.